The molecule has 1 aromatic carbocycles. The molecule has 0 aliphatic carbocycles. The van der Waals surface area contributed by atoms with Crippen LogP contribution in [0.5, 0.6) is 11.5 Å². The fraction of sp³-hybridized carbons (Fsp3) is 0.267. The van der Waals surface area contributed by atoms with E-state index in [4.69, 9.17) is 9.47 Å². The van der Waals surface area contributed by atoms with Gasteiger partial charge in [-0.05, 0) is 12.1 Å². The number of hydrogen-bond donors (Lipinski definition) is 1. The Labute approximate surface area is 146 Å². The van der Waals surface area contributed by atoms with E-state index in [-0.39, 0.29) is 11.7 Å². The van der Waals surface area contributed by atoms with E-state index >= 15 is 0 Å². The minimum absolute atomic E-state index is 0.155. The number of hydrogen-bond acceptors (Lipinski definition) is 8. The summed E-state index contributed by atoms with van der Waals surface area (Å²) < 4.78 is 12.5. The summed E-state index contributed by atoms with van der Waals surface area (Å²) in [6, 6.07) is 5.31. The van der Waals surface area contributed by atoms with Crippen molar-refractivity contribution in [3.05, 3.63) is 24.5 Å². The fourth-order valence-corrected chi connectivity index (χ4v) is 3.12. The van der Waals surface area contributed by atoms with Crippen LogP contribution < -0.4 is 14.8 Å². The highest BCUT2D eigenvalue weighted by atomic mass is 32.2. The smallest absolute Gasteiger partial charge is 0.234 e. The second-order valence-corrected chi connectivity index (χ2v) is 6.22. The molecule has 0 fully saturated rings. The lowest BCUT2D eigenvalue weighted by Crippen LogP contribution is -2.17. The van der Waals surface area contributed by atoms with Crippen molar-refractivity contribution in [2.75, 3.05) is 24.3 Å². The van der Waals surface area contributed by atoms with Gasteiger partial charge in [-0.25, -0.2) is 14.6 Å². The average molecular weight is 358 g/mol. The maximum absolute atomic E-state index is 12.2. The number of fused-ring (bicyclic) bond motifs is 2. The average Bonchev–Trinajstić information content (AvgIpc) is 3.02. The van der Waals surface area contributed by atoms with Crippen LogP contribution in [-0.4, -0.2) is 49.8 Å². The van der Waals surface area contributed by atoms with Crippen LogP contribution in [0, 0.1) is 0 Å². The molecule has 0 saturated heterocycles. The largest absolute Gasteiger partial charge is 0.486 e. The summed E-state index contributed by atoms with van der Waals surface area (Å²) in [5, 5.41) is 11.4. The van der Waals surface area contributed by atoms with Gasteiger partial charge in [0.25, 0.3) is 0 Å². The van der Waals surface area contributed by atoms with Gasteiger partial charge in [0.2, 0.25) is 5.91 Å². The Morgan fingerprint density at radius 3 is 3.00 bits per heavy atom. The third-order valence-electron chi connectivity index (χ3n) is 3.52. The number of carbonyl (C=O) groups excluding carboxylic acids is 1. The summed E-state index contributed by atoms with van der Waals surface area (Å²) in [6.07, 6.45) is 1.44. The molecule has 0 atom stereocenters. The van der Waals surface area contributed by atoms with E-state index in [0.717, 1.165) is 0 Å². The Hall–Kier alpha value is -2.88. The van der Waals surface area contributed by atoms with Crippen molar-refractivity contribution in [3.63, 3.8) is 0 Å². The van der Waals surface area contributed by atoms with Crippen LogP contribution >= 0.6 is 11.8 Å². The number of benzene rings is 1. The lowest BCUT2D eigenvalue weighted by molar-refractivity contribution is -0.113. The van der Waals surface area contributed by atoms with Crippen molar-refractivity contribution >= 4 is 34.5 Å². The molecule has 3 heterocycles. The van der Waals surface area contributed by atoms with Gasteiger partial charge in [-0.3, -0.25) is 4.79 Å². The minimum Gasteiger partial charge on any atom is -0.486 e. The van der Waals surface area contributed by atoms with Crippen LogP contribution in [0.2, 0.25) is 0 Å². The van der Waals surface area contributed by atoms with Gasteiger partial charge in [-0.2, -0.15) is 0 Å². The summed E-state index contributed by atoms with van der Waals surface area (Å²) in [5.74, 6) is 1.35. The molecule has 3 aromatic rings. The predicted octanol–water partition coefficient (Wildman–Crippen LogP) is 1.26. The molecular formula is C15H14N6O3S. The van der Waals surface area contributed by atoms with Crippen LogP contribution in [0.1, 0.15) is 0 Å². The van der Waals surface area contributed by atoms with Crippen LogP contribution in [-0.2, 0) is 11.8 Å². The number of ether oxygens (including phenoxy) is 2. The van der Waals surface area contributed by atoms with Crippen molar-refractivity contribution in [2.45, 2.75) is 5.03 Å². The number of aromatic nitrogens is 5. The number of amides is 1. The fourth-order valence-electron chi connectivity index (χ4n) is 2.39. The van der Waals surface area contributed by atoms with Crippen molar-refractivity contribution in [1.82, 2.24) is 25.0 Å². The molecule has 1 amide bonds. The Bertz CT molecular complexity index is 944. The van der Waals surface area contributed by atoms with Crippen LogP contribution in [0.4, 0.5) is 5.69 Å². The molecule has 0 radical (unpaired) electrons. The first-order valence-corrected chi connectivity index (χ1v) is 8.52. The van der Waals surface area contributed by atoms with Crippen LogP contribution in [0.25, 0.3) is 11.2 Å². The van der Waals surface area contributed by atoms with Gasteiger partial charge in [-0.1, -0.05) is 17.0 Å². The zero-order valence-corrected chi connectivity index (χ0v) is 14.1. The van der Waals surface area contributed by atoms with Gasteiger partial charge in [0, 0.05) is 18.8 Å². The van der Waals surface area contributed by atoms with Gasteiger partial charge in [0.1, 0.15) is 24.6 Å². The third-order valence-corrected chi connectivity index (χ3v) is 4.50. The lowest BCUT2D eigenvalue weighted by Gasteiger charge is -2.18. The Morgan fingerprint density at radius 2 is 2.12 bits per heavy atom. The van der Waals surface area contributed by atoms with Gasteiger partial charge >= 0.3 is 0 Å². The Morgan fingerprint density at radius 1 is 1.28 bits per heavy atom. The monoisotopic (exact) mass is 358 g/mol. The molecule has 4 rings (SSSR count). The molecule has 0 saturated carbocycles. The highest BCUT2D eigenvalue weighted by Gasteiger charge is 2.14. The number of carbonyl (C=O) groups is 1. The van der Waals surface area contributed by atoms with E-state index in [1.807, 2.05) is 0 Å². The first-order valence-electron chi connectivity index (χ1n) is 7.53. The molecular weight excluding hydrogens is 344 g/mol. The van der Waals surface area contributed by atoms with Crippen molar-refractivity contribution in [3.8, 4) is 11.5 Å². The van der Waals surface area contributed by atoms with E-state index in [0.29, 0.717) is 46.6 Å². The minimum atomic E-state index is -0.155. The zero-order chi connectivity index (χ0) is 17.2. The molecule has 9 nitrogen and oxygen atoms in total. The molecule has 1 N–H and O–H groups in total. The summed E-state index contributed by atoms with van der Waals surface area (Å²) in [7, 11) is 1.76. The van der Waals surface area contributed by atoms with Gasteiger partial charge in [-0.15, -0.1) is 5.10 Å². The zero-order valence-electron chi connectivity index (χ0n) is 13.3. The number of rotatable bonds is 4. The second kappa shape index (κ2) is 6.55. The maximum Gasteiger partial charge on any atom is 0.234 e. The maximum atomic E-state index is 12.2. The summed E-state index contributed by atoms with van der Waals surface area (Å²) in [6.45, 7) is 1.03. The van der Waals surface area contributed by atoms with Crippen molar-refractivity contribution in [2.24, 2.45) is 7.05 Å². The molecule has 0 unspecified atom stereocenters. The lowest BCUT2D eigenvalue weighted by atomic mass is 10.2. The Kier molecular flexibility index (Phi) is 4.10. The molecule has 10 heteroatoms. The molecule has 25 heavy (non-hydrogen) atoms. The van der Waals surface area contributed by atoms with Crippen molar-refractivity contribution in [1.29, 1.82) is 0 Å². The molecule has 1 aliphatic heterocycles. The molecule has 128 valence electrons. The SMILES string of the molecule is Cn1nnc2c(SCC(=O)Nc3ccc4c(c3)OCCO4)ncnc21. The van der Waals surface area contributed by atoms with Crippen LogP contribution in [0.3, 0.4) is 0 Å². The molecule has 0 spiro atoms. The van der Waals surface area contributed by atoms with E-state index in [1.165, 1.54) is 18.1 Å². The topological polar surface area (TPSA) is 104 Å². The predicted molar refractivity (Wildman–Crippen MR) is 90.9 cm³/mol. The normalized spacial score (nSPS) is 13.0. The van der Waals surface area contributed by atoms with E-state index < -0.39 is 0 Å². The quantitative estimate of drug-likeness (QED) is 0.549. The second-order valence-electron chi connectivity index (χ2n) is 5.26. The summed E-state index contributed by atoms with van der Waals surface area (Å²) in [4.78, 5) is 20.5. The highest BCUT2D eigenvalue weighted by molar-refractivity contribution is 8.00. The standard InChI is InChI=1S/C15H14N6O3S/c1-21-14-13(19-20-21)15(17-8-16-14)25-7-12(22)18-9-2-3-10-11(6-9)24-5-4-23-10/h2-3,6,8H,4-5,7H2,1H3,(H,18,22). The highest BCUT2D eigenvalue weighted by Crippen LogP contribution is 2.32. The number of nitrogens with zero attached hydrogens (tertiary/aromatic N) is 5. The first kappa shape index (κ1) is 15.6. The molecule has 1 aliphatic rings. The number of nitrogens with one attached hydrogen (secondary N) is 1. The summed E-state index contributed by atoms with van der Waals surface area (Å²) in [5.41, 5.74) is 1.87. The number of aryl methyl sites for hydroxylation is 1. The Balaban J connectivity index is 1.42. The van der Waals surface area contributed by atoms with Gasteiger partial charge < -0.3 is 14.8 Å². The van der Waals surface area contributed by atoms with Crippen molar-refractivity contribution < 1.29 is 14.3 Å². The summed E-state index contributed by atoms with van der Waals surface area (Å²) >= 11 is 1.28. The number of thioether (sulfide) groups is 1. The third kappa shape index (κ3) is 3.20. The first-order chi connectivity index (χ1) is 12.2. The van der Waals surface area contributed by atoms with Gasteiger partial charge in [0.05, 0.1) is 5.75 Å². The van der Waals surface area contributed by atoms with Gasteiger partial charge in [0.15, 0.2) is 22.7 Å². The van der Waals surface area contributed by atoms with E-state index in [2.05, 4.69) is 25.6 Å². The molecule has 0 bridgehead atoms. The van der Waals surface area contributed by atoms with Crippen LogP contribution in [0.15, 0.2) is 29.6 Å². The van der Waals surface area contributed by atoms with E-state index in [1.54, 1.807) is 29.9 Å². The molecule has 2 aromatic heterocycles. The van der Waals surface area contributed by atoms with E-state index in [9.17, 15) is 4.79 Å². The number of anilines is 1.